The van der Waals surface area contributed by atoms with Gasteiger partial charge in [0.05, 0.1) is 17.8 Å². The third kappa shape index (κ3) is 3.23. The molecule has 0 saturated carbocycles. The predicted octanol–water partition coefficient (Wildman–Crippen LogP) is 5.23. The van der Waals surface area contributed by atoms with E-state index in [0.717, 1.165) is 16.8 Å². The van der Waals surface area contributed by atoms with Gasteiger partial charge in [-0.25, -0.2) is 4.98 Å². The van der Waals surface area contributed by atoms with Crippen LogP contribution in [0.4, 0.5) is 0 Å². The molecule has 2 heterocycles. The summed E-state index contributed by atoms with van der Waals surface area (Å²) in [6, 6.07) is 17.4. The molecule has 0 bridgehead atoms. The van der Waals surface area contributed by atoms with Crippen molar-refractivity contribution in [2.75, 3.05) is 6.54 Å². The molecule has 0 radical (unpaired) electrons. The van der Waals surface area contributed by atoms with Gasteiger partial charge < -0.3 is 10.0 Å². The summed E-state index contributed by atoms with van der Waals surface area (Å²) in [6.45, 7) is 0.859. The lowest BCUT2D eigenvalue weighted by Gasteiger charge is -2.18. The first-order valence-corrected chi connectivity index (χ1v) is 9.39. The Hall–Kier alpha value is -2.63. The van der Waals surface area contributed by atoms with Crippen LogP contribution in [0.25, 0.3) is 16.8 Å². The van der Waals surface area contributed by atoms with Crippen LogP contribution in [0, 0.1) is 5.41 Å². The van der Waals surface area contributed by atoms with Gasteiger partial charge in [-0.15, -0.1) is 11.3 Å². The van der Waals surface area contributed by atoms with E-state index in [1.165, 1.54) is 11.3 Å². The average Bonchev–Trinajstić information content (AvgIpc) is 3.23. The first-order valence-electron chi connectivity index (χ1n) is 8.13. The fourth-order valence-corrected chi connectivity index (χ4v) is 3.96. The summed E-state index contributed by atoms with van der Waals surface area (Å²) in [4.78, 5) is 6.46. The average molecular weight is 382 g/mol. The number of halogens is 1. The fraction of sp³-hybridized carbons (Fsp3) is 0.100. The summed E-state index contributed by atoms with van der Waals surface area (Å²) in [6.07, 6.45) is 0. The highest BCUT2D eigenvalue weighted by Crippen LogP contribution is 2.32. The van der Waals surface area contributed by atoms with Crippen LogP contribution in [-0.2, 0) is 6.54 Å². The highest BCUT2D eigenvalue weighted by Gasteiger charge is 2.30. The second-order valence-corrected chi connectivity index (χ2v) is 7.35. The van der Waals surface area contributed by atoms with Crippen LogP contribution in [0.1, 0.15) is 10.6 Å². The predicted molar refractivity (Wildman–Crippen MR) is 107 cm³/mol. The van der Waals surface area contributed by atoms with Crippen molar-refractivity contribution in [3.63, 3.8) is 0 Å². The SMILES string of the molecule is N=C1C(c2nc(-c3ccccc3)cs2)=C(O)CN1Cc1ccc(Cl)cc1. The second kappa shape index (κ2) is 6.94. The van der Waals surface area contributed by atoms with E-state index in [0.29, 0.717) is 34.5 Å². The molecule has 1 aromatic heterocycles. The van der Waals surface area contributed by atoms with E-state index in [4.69, 9.17) is 17.0 Å². The van der Waals surface area contributed by atoms with E-state index in [2.05, 4.69) is 4.98 Å². The summed E-state index contributed by atoms with van der Waals surface area (Å²) < 4.78 is 0. The van der Waals surface area contributed by atoms with Crippen molar-refractivity contribution < 1.29 is 5.11 Å². The van der Waals surface area contributed by atoms with E-state index in [-0.39, 0.29) is 5.76 Å². The van der Waals surface area contributed by atoms with Crippen molar-refractivity contribution in [2.45, 2.75) is 6.54 Å². The monoisotopic (exact) mass is 381 g/mol. The number of hydrogen-bond donors (Lipinski definition) is 2. The molecule has 1 aliphatic rings. The van der Waals surface area contributed by atoms with Crippen LogP contribution < -0.4 is 0 Å². The minimum Gasteiger partial charge on any atom is -0.510 e. The first kappa shape index (κ1) is 16.8. The number of nitrogens with zero attached hydrogens (tertiary/aromatic N) is 2. The Morgan fingerprint density at radius 1 is 1.12 bits per heavy atom. The summed E-state index contributed by atoms with van der Waals surface area (Å²) in [5, 5.41) is 22.2. The molecular weight excluding hydrogens is 366 g/mol. The minimum atomic E-state index is 0.193. The van der Waals surface area contributed by atoms with Crippen molar-refractivity contribution in [2.24, 2.45) is 0 Å². The zero-order valence-corrected chi connectivity index (χ0v) is 15.4. The maximum absolute atomic E-state index is 10.4. The van der Waals surface area contributed by atoms with Gasteiger partial charge >= 0.3 is 0 Å². The number of aliphatic hydroxyl groups excluding tert-OH is 1. The maximum atomic E-state index is 10.4. The summed E-state index contributed by atoms with van der Waals surface area (Å²) in [5.41, 5.74) is 3.44. The molecule has 0 fully saturated rings. The van der Waals surface area contributed by atoms with E-state index in [9.17, 15) is 5.11 Å². The number of benzene rings is 2. The topological polar surface area (TPSA) is 60.2 Å². The van der Waals surface area contributed by atoms with E-state index >= 15 is 0 Å². The van der Waals surface area contributed by atoms with Gasteiger partial charge in [-0.05, 0) is 17.7 Å². The molecule has 4 nitrogen and oxygen atoms in total. The number of aliphatic hydroxyl groups is 1. The highest BCUT2D eigenvalue weighted by atomic mass is 35.5. The summed E-state index contributed by atoms with van der Waals surface area (Å²) in [5.74, 6) is 0.490. The molecule has 0 spiro atoms. The van der Waals surface area contributed by atoms with Crippen LogP contribution in [0.15, 0.2) is 65.7 Å². The van der Waals surface area contributed by atoms with Gasteiger partial charge in [-0.1, -0.05) is 54.1 Å². The molecule has 1 aliphatic heterocycles. The number of hydrogen-bond acceptors (Lipinski definition) is 4. The number of nitrogens with one attached hydrogen (secondary N) is 1. The largest absolute Gasteiger partial charge is 0.510 e. The van der Waals surface area contributed by atoms with Crippen molar-refractivity contribution in [1.82, 2.24) is 9.88 Å². The Bertz CT molecular complexity index is 980. The lowest BCUT2D eigenvalue weighted by atomic mass is 10.2. The molecule has 130 valence electrons. The Morgan fingerprint density at radius 2 is 1.85 bits per heavy atom. The highest BCUT2D eigenvalue weighted by molar-refractivity contribution is 7.11. The zero-order valence-electron chi connectivity index (χ0n) is 13.8. The number of aromatic nitrogens is 1. The molecule has 2 N–H and O–H groups in total. The molecule has 3 aromatic rings. The number of thiazole rings is 1. The zero-order chi connectivity index (χ0) is 18.1. The molecule has 0 aliphatic carbocycles. The summed E-state index contributed by atoms with van der Waals surface area (Å²) in [7, 11) is 0. The van der Waals surface area contributed by atoms with Gasteiger partial charge in [0, 0.05) is 22.5 Å². The minimum absolute atomic E-state index is 0.193. The van der Waals surface area contributed by atoms with Gasteiger partial charge in [-0.3, -0.25) is 5.41 Å². The molecule has 26 heavy (non-hydrogen) atoms. The van der Waals surface area contributed by atoms with Gasteiger partial charge in [-0.2, -0.15) is 0 Å². The summed E-state index contributed by atoms with van der Waals surface area (Å²) >= 11 is 7.37. The van der Waals surface area contributed by atoms with Crippen molar-refractivity contribution in [3.8, 4) is 11.3 Å². The normalized spacial score (nSPS) is 14.3. The standard InChI is InChI=1S/C20H16ClN3OS/c21-15-8-6-13(7-9-15)10-24-11-17(25)18(19(24)22)20-23-16(12-26-20)14-4-2-1-3-5-14/h1-9,12,22,25H,10-11H2. The van der Waals surface area contributed by atoms with Crippen LogP contribution >= 0.6 is 22.9 Å². The van der Waals surface area contributed by atoms with Crippen LogP contribution in [0.2, 0.25) is 5.02 Å². The smallest absolute Gasteiger partial charge is 0.135 e. The molecule has 0 atom stereocenters. The van der Waals surface area contributed by atoms with Crippen molar-refractivity contribution in [3.05, 3.63) is 81.3 Å². The molecular formula is C20H16ClN3OS. The van der Waals surface area contributed by atoms with Crippen molar-refractivity contribution in [1.29, 1.82) is 5.41 Å². The van der Waals surface area contributed by atoms with Gasteiger partial charge in [0.2, 0.25) is 0 Å². The van der Waals surface area contributed by atoms with Crippen LogP contribution in [-0.4, -0.2) is 27.4 Å². The third-order valence-corrected chi connectivity index (χ3v) is 5.37. The molecule has 6 heteroatoms. The lowest BCUT2D eigenvalue weighted by molar-refractivity contribution is 0.347. The quantitative estimate of drug-likeness (QED) is 0.650. The molecule has 2 aromatic carbocycles. The number of amidine groups is 1. The van der Waals surface area contributed by atoms with Crippen molar-refractivity contribution >= 4 is 34.3 Å². The van der Waals surface area contributed by atoms with E-state index in [1.54, 1.807) is 0 Å². The van der Waals surface area contributed by atoms with E-state index < -0.39 is 0 Å². The Labute approximate surface area is 160 Å². The van der Waals surface area contributed by atoms with Gasteiger partial charge in [0.25, 0.3) is 0 Å². The first-order chi connectivity index (χ1) is 12.6. The second-order valence-electron chi connectivity index (χ2n) is 6.06. The Balaban J connectivity index is 1.56. The molecule has 0 unspecified atom stereocenters. The fourth-order valence-electron chi connectivity index (χ4n) is 2.93. The molecule has 4 rings (SSSR count). The number of rotatable bonds is 4. The Morgan fingerprint density at radius 3 is 2.58 bits per heavy atom. The Kier molecular flexibility index (Phi) is 4.49. The van der Waals surface area contributed by atoms with Crippen LogP contribution in [0.3, 0.4) is 0 Å². The third-order valence-electron chi connectivity index (χ3n) is 4.26. The maximum Gasteiger partial charge on any atom is 0.135 e. The molecule has 0 amide bonds. The van der Waals surface area contributed by atoms with Gasteiger partial charge in [0.1, 0.15) is 16.6 Å². The van der Waals surface area contributed by atoms with Gasteiger partial charge in [0.15, 0.2) is 0 Å². The van der Waals surface area contributed by atoms with Crippen LogP contribution in [0.5, 0.6) is 0 Å². The van der Waals surface area contributed by atoms with E-state index in [1.807, 2.05) is 64.9 Å². The molecule has 0 saturated heterocycles. The lowest BCUT2D eigenvalue weighted by Crippen LogP contribution is -2.25.